The maximum absolute atomic E-state index is 13.2. The fourth-order valence-electron chi connectivity index (χ4n) is 6.34. The summed E-state index contributed by atoms with van der Waals surface area (Å²) in [5.41, 5.74) is 1.22. The van der Waals surface area contributed by atoms with E-state index >= 15 is 0 Å². The van der Waals surface area contributed by atoms with Crippen molar-refractivity contribution < 1.29 is 14.3 Å². The molecule has 0 radical (unpaired) electrons. The Morgan fingerprint density at radius 2 is 1.90 bits per heavy atom. The second kappa shape index (κ2) is 7.59. The molecule has 1 aliphatic carbocycles. The van der Waals surface area contributed by atoms with Gasteiger partial charge in [0.15, 0.2) is 0 Å². The van der Waals surface area contributed by atoms with Crippen LogP contribution in [0.25, 0.3) is 0 Å². The first-order valence-electron chi connectivity index (χ1n) is 11.3. The number of hydrogen-bond donors (Lipinski definition) is 0. The molecule has 1 aromatic carbocycles. The highest BCUT2D eigenvalue weighted by Crippen LogP contribution is 2.50. The quantitative estimate of drug-likeness (QED) is 0.761. The third kappa shape index (κ3) is 3.46. The van der Waals surface area contributed by atoms with E-state index in [-0.39, 0.29) is 5.41 Å². The Bertz CT molecular complexity index is 745. The maximum Gasteiger partial charge on any atom is 0.231 e. The van der Waals surface area contributed by atoms with E-state index in [9.17, 15) is 4.79 Å². The average Bonchev–Trinajstić information content (AvgIpc) is 3.54. The van der Waals surface area contributed by atoms with E-state index in [1.807, 2.05) is 0 Å². The lowest BCUT2D eigenvalue weighted by atomic mass is 9.73. The predicted molar refractivity (Wildman–Crippen MR) is 112 cm³/mol. The van der Waals surface area contributed by atoms with E-state index in [2.05, 4.69) is 34.1 Å². The van der Waals surface area contributed by atoms with Crippen molar-refractivity contribution >= 4 is 5.91 Å². The molecule has 29 heavy (non-hydrogen) atoms. The highest BCUT2D eigenvalue weighted by atomic mass is 16.5. The number of amides is 1. The largest absolute Gasteiger partial charge is 0.497 e. The normalized spacial score (nSPS) is 33.1. The van der Waals surface area contributed by atoms with Gasteiger partial charge >= 0.3 is 0 Å². The van der Waals surface area contributed by atoms with Crippen LogP contribution in [0.3, 0.4) is 0 Å². The smallest absolute Gasteiger partial charge is 0.231 e. The number of carbonyl (C=O) groups excluding carboxylic acids is 1. The van der Waals surface area contributed by atoms with Crippen LogP contribution in [-0.4, -0.2) is 62.2 Å². The Morgan fingerprint density at radius 3 is 2.59 bits per heavy atom. The topological polar surface area (TPSA) is 42.0 Å². The van der Waals surface area contributed by atoms with Crippen molar-refractivity contribution in [3.63, 3.8) is 0 Å². The lowest BCUT2D eigenvalue weighted by Gasteiger charge is -2.55. The van der Waals surface area contributed by atoms with E-state index in [1.165, 1.54) is 31.2 Å². The number of methoxy groups -OCH3 is 2. The zero-order valence-electron chi connectivity index (χ0n) is 17.8. The summed E-state index contributed by atoms with van der Waals surface area (Å²) in [4.78, 5) is 18.2. The SMILES string of the molecule is COCC1(C(=O)N2C[C@@H]3C[C@H](C2)[C@@H]2CCC[C@H](c4ccc(OC)cc4)N2C3)CC1. The lowest BCUT2D eigenvalue weighted by Crippen LogP contribution is -2.61. The van der Waals surface area contributed by atoms with Crippen molar-refractivity contribution in [3.05, 3.63) is 29.8 Å². The summed E-state index contributed by atoms with van der Waals surface area (Å²) in [6.45, 7) is 3.59. The molecule has 5 rings (SSSR count). The number of rotatable bonds is 5. The Balaban J connectivity index is 1.32. The van der Waals surface area contributed by atoms with Gasteiger partial charge in [-0.3, -0.25) is 9.69 Å². The minimum atomic E-state index is -0.196. The Kier molecular flexibility index (Phi) is 5.07. The summed E-state index contributed by atoms with van der Waals surface area (Å²) in [5, 5.41) is 0. The van der Waals surface area contributed by atoms with Crippen molar-refractivity contribution in [1.29, 1.82) is 0 Å². The van der Waals surface area contributed by atoms with Gasteiger partial charge in [-0.1, -0.05) is 12.1 Å². The van der Waals surface area contributed by atoms with Gasteiger partial charge in [0, 0.05) is 38.8 Å². The summed E-state index contributed by atoms with van der Waals surface area (Å²) < 4.78 is 10.7. The molecule has 158 valence electrons. The number of carbonyl (C=O) groups is 1. The van der Waals surface area contributed by atoms with Gasteiger partial charge in [-0.05, 0) is 68.1 Å². The molecule has 4 fully saturated rings. The van der Waals surface area contributed by atoms with Crippen LogP contribution in [0.1, 0.15) is 50.1 Å². The van der Waals surface area contributed by atoms with E-state index in [1.54, 1.807) is 14.2 Å². The first kappa shape index (κ1) is 19.4. The molecule has 1 saturated carbocycles. The third-order valence-corrected chi connectivity index (χ3v) is 7.90. The molecule has 5 heteroatoms. The monoisotopic (exact) mass is 398 g/mol. The number of ether oxygens (including phenoxy) is 2. The first-order valence-corrected chi connectivity index (χ1v) is 11.3. The van der Waals surface area contributed by atoms with Gasteiger partial charge in [0.05, 0.1) is 19.1 Å². The summed E-state index contributed by atoms with van der Waals surface area (Å²) in [6.07, 6.45) is 7.08. The minimum absolute atomic E-state index is 0.196. The van der Waals surface area contributed by atoms with Crippen molar-refractivity contribution in [2.24, 2.45) is 17.3 Å². The van der Waals surface area contributed by atoms with E-state index in [0.29, 0.717) is 36.4 Å². The van der Waals surface area contributed by atoms with Crippen LogP contribution >= 0.6 is 0 Å². The fraction of sp³-hybridized carbons (Fsp3) is 0.708. The first-order chi connectivity index (χ1) is 14.1. The predicted octanol–water partition coefficient (Wildman–Crippen LogP) is 3.50. The summed E-state index contributed by atoms with van der Waals surface area (Å²) in [7, 11) is 3.44. The van der Waals surface area contributed by atoms with Crippen molar-refractivity contribution in [3.8, 4) is 5.75 Å². The van der Waals surface area contributed by atoms with Crippen LogP contribution in [0, 0.1) is 17.3 Å². The molecule has 1 amide bonds. The van der Waals surface area contributed by atoms with Crippen molar-refractivity contribution in [1.82, 2.24) is 9.80 Å². The zero-order valence-corrected chi connectivity index (χ0v) is 17.8. The van der Waals surface area contributed by atoms with Gasteiger partial charge in [0.1, 0.15) is 5.75 Å². The molecule has 4 atom stereocenters. The Labute approximate surface area is 174 Å². The molecular weight excluding hydrogens is 364 g/mol. The number of piperidine rings is 3. The van der Waals surface area contributed by atoms with Crippen LogP contribution in [0.5, 0.6) is 5.75 Å². The number of benzene rings is 1. The second-order valence-electron chi connectivity index (χ2n) is 9.77. The van der Waals surface area contributed by atoms with Crippen LogP contribution in [0.2, 0.25) is 0 Å². The standard InChI is InChI=1S/C24H34N2O3/c1-28-16-24(10-11-24)23(27)25-13-17-12-19(15-25)22-5-3-4-21(26(22)14-17)18-6-8-20(29-2)9-7-18/h6-9,17,19,21-22H,3-5,10-16H2,1-2H3/t17-,19+,21+,22-/m0/s1. The second-order valence-corrected chi connectivity index (χ2v) is 9.77. The molecule has 0 unspecified atom stereocenters. The molecule has 0 spiro atoms. The van der Waals surface area contributed by atoms with Crippen LogP contribution in [0.15, 0.2) is 24.3 Å². The maximum atomic E-state index is 13.2. The fourth-order valence-corrected chi connectivity index (χ4v) is 6.34. The number of fused-ring (bicyclic) bond motifs is 4. The van der Waals surface area contributed by atoms with Gasteiger partial charge in [0.25, 0.3) is 0 Å². The molecular formula is C24H34N2O3. The Hall–Kier alpha value is -1.59. The minimum Gasteiger partial charge on any atom is -0.497 e. The zero-order chi connectivity index (χ0) is 20.0. The van der Waals surface area contributed by atoms with Crippen molar-refractivity contribution in [2.45, 2.75) is 50.6 Å². The van der Waals surface area contributed by atoms with Gasteiger partial charge in [0.2, 0.25) is 5.91 Å². The Morgan fingerprint density at radius 1 is 1.10 bits per heavy atom. The van der Waals surface area contributed by atoms with Crippen LogP contribution < -0.4 is 4.74 Å². The molecule has 3 aliphatic heterocycles. The van der Waals surface area contributed by atoms with E-state index in [4.69, 9.17) is 9.47 Å². The van der Waals surface area contributed by atoms with Gasteiger partial charge in [-0.2, -0.15) is 0 Å². The summed E-state index contributed by atoms with van der Waals surface area (Å²) in [6, 6.07) is 9.79. The summed E-state index contributed by atoms with van der Waals surface area (Å²) >= 11 is 0. The molecule has 2 bridgehead atoms. The molecule has 3 saturated heterocycles. The van der Waals surface area contributed by atoms with E-state index in [0.717, 1.165) is 38.2 Å². The number of likely N-dealkylation sites (tertiary alicyclic amines) is 1. The molecule has 3 heterocycles. The highest BCUT2D eigenvalue weighted by Gasteiger charge is 2.54. The molecule has 0 aromatic heterocycles. The van der Waals surface area contributed by atoms with Gasteiger partial charge in [-0.15, -0.1) is 0 Å². The van der Waals surface area contributed by atoms with Crippen molar-refractivity contribution in [2.75, 3.05) is 40.5 Å². The summed E-state index contributed by atoms with van der Waals surface area (Å²) in [5.74, 6) is 2.51. The van der Waals surface area contributed by atoms with E-state index < -0.39 is 0 Å². The third-order valence-electron chi connectivity index (χ3n) is 7.90. The molecule has 0 N–H and O–H groups in total. The van der Waals surface area contributed by atoms with Crippen LogP contribution in [0.4, 0.5) is 0 Å². The highest BCUT2D eigenvalue weighted by molar-refractivity contribution is 5.85. The molecule has 5 nitrogen and oxygen atoms in total. The number of hydrogen-bond acceptors (Lipinski definition) is 4. The molecule has 1 aromatic rings. The number of nitrogens with zero attached hydrogens (tertiary/aromatic N) is 2. The van der Waals surface area contributed by atoms with Gasteiger partial charge < -0.3 is 14.4 Å². The van der Waals surface area contributed by atoms with Crippen LogP contribution in [-0.2, 0) is 9.53 Å². The lowest BCUT2D eigenvalue weighted by molar-refractivity contribution is -0.146. The van der Waals surface area contributed by atoms with Gasteiger partial charge in [-0.25, -0.2) is 0 Å². The molecule has 4 aliphatic rings. The average molecular weight is 399 g/mol.